The van der Waals surface area contributed by atoms with E-state index < -0.39 is 0 Å². The molecule has 0 aliphatic heterocycles. The lowest BCUT2D eigenvalue weighted by Crippen LogP contribution is -2.01. The molecule has 108 valence electrons. The first-order chi connectivity index (χ1) is 10.2. The molecule has 0 bridgehead atoms. The minimum absolute atomic E-state index is 0.709. The summed E-state index contributed by atoms with van der Waals surface area (Å²) in [7, 11) is 1.67. The molecule has 1 N–H and O–H groups in total. The number of H-pyrrole nitrogens is 1. The predicted octanol–water partition coefficient (Wildman–Crippen LogP) is 4.60. The number of nitrogens with zero attached hydrogens (tertiary/aromatic N) is 1. The van der Waals surface area contributed by atoms with Crippen LogP contribution in [-0.4, -0.2) is 16.7 Å². The van der Waals surface area contributed by atoms with Crippen LogP contribution in [0.4, 0.5) is 0 Å². The van der Waals surface area contributed by atoms with Gasteiger partial charge >= 0.3 is 0 Å². The van der Waals surface area contributed by atoms with Crippen LogP contribution in [0.5, 0.6) is 5.75 Å². The van der Waals surface area contributed by atoms with E-state index in [2.05, 4.69) is 21.7 Å². The Bertz CT molecular complexity index is 820. The maximum Gasteiger partial charge on any atom is 0.178 e. The molecule has 0 unspecified atom stereocenters. The van der Waals surface area contributed by atoms with Crippen molar-refractivity contribution in [1.29, 1.82) is 0 Å². The highest BCUT2D eigenvalue weighted by atomic mass is 35.5. The van der Waals surface area contributed by atoms with Crippen molar-refractivity contribution in [3.63, 3.8) is 0 Å². The molecule has 21 heavy (non-hydrogen) atoms. The molecule has 3 nitrogen and oxygen atoms in total. The third-order valence-electron chi connectivity index (χ3n) is 3.52. The van der Waals surface area contributed by atoms with Gasteiger partial charge in [-0.2, -0.15) is 0 Å². The van der Waals surface area contributed by atoms with E-state index in [0.717, 1.165) is 34.5 Å². The fourth-order valence-electron chi connectivity index (χ4n) is 2.39. The van der Waals surface area contributed by atoms with Crippen LogP contribution in [0.25, 0.3) is 11.0 Å². The zero-order valence-electron chi connectivity index (χ0n) is 11.6. The number of aromatic nitrogens is 2. The molecule has 2 aromatic carbocycles. The Hall–Kier alpha value is -1.78. The molecule has 0 spiro atoms. The van der Waals surface area contributed by atoms with E-state index in [-0.39, 0.29) is 0 Å². The summed E-state index contributed by atoms with van der Waals surface area (Å²) in [5.74, 6) is 0.872. The van der Waals surface area contributed by atoms with E-state index in [1.165, 1.54) is 5.56 Å². The van der Waals surface area contributed by atoms with Gasteiger partial charge in [-0.05, 0) is 54.5 Å². The number of hydrogen-bond donors (Lipinski definition) is 1. The summed E-state index contributed by atoms with van der Waals surface area (Å²) in [6.45, 7) is 0.826. The van der Waals surface area contributed by atoms with E-state index in [9.17, 15) is 0 Å². The van der Waals surface area contributed by atoms with Gasteiger partial charge in [0, 0.05) is 11.6 Å². The second-order valence-electron chi connectivity index (χ2n) is 4.84. The number of nitrogens with one attached hydrogen (secondary N) is 1. The average Bonchev–Trinajstić information content (AvgIpc) is 2.80. The van der Waals surface area contributed by atoms with Crippen molar-refractivity contribution in [2.75, 3.05) is 7.11 Å². The van der Waals surface area contributed by atoms with Crippen molar-refractivity contribution < 1.29 is 4.74 Å². The van der Waals surface area contributed by atoms with Crippen LogP contribution in [0.2, 0.25) is 5.02 Å². The van der Waals surface area contributed by atoms with Gasteiger partial charge in [-0.1, -0.05) is 23.7 Å². The monoisotopic (exact) mass is 318 g/mol. The molecule has 0 atom stereocenters. The van der Waals surface area contributed by atoms with Crippen molar-refractivity contribution in [1.82, 2.24) is 9.55 Å². The van der Waals surface area contributed by atoms with E-state index >= 15 is 0 Å². The second-order valence-corrected chi connectivity index (χ2v) is 5.66. The number of rotatable bonds is 4. The van der Waals surface area contributed by atoms with Crippen LogP contribution in [0, 0.1) is 4.77 Å². The van der Waals surface area contributed by atoms with Gasteiger partial charge in [0.25, 0.3) is 0 Å². The quantitative estimate of drug-likeness (QED) is 0.712. The molecule has 3 rings (SSSR count). The number of ether oxygens (including phenoxy) is 1. The lowest BCUT2D eigenvalue weighted by atomic mass is 10.1. The molecule has 0 amide bonds. The van der Waals surface area contributed by atoms with Gasteiger partial charge < -0.3 is 14.3 Å². The van der Waals surface area contributed by atoms with Gasteiger partial charge in [0.2, 0.25) is 0 Å². The highest BCUT2D eigenvalue weighted by Gasteiger charge is 2.05. The van der Waals surface area contributed by atoms with Crippen LogP contribution < -0.4 is 4.74 Å². The van der Waals surface area contributed by atoms with Crippen LogP contribution in [0.15, 0.2) is 42.5 Å². The first-order valence-electron chi connectivity index (χ1n) is 6.68. The number of hydrogen-bond acceptors (Lipinski definition) is 2. The average molecular weight is 319 g/mol. The second kappa shape index (κ2) is 5.92. The van der Waals surface area contributed by atoms with Crippen LogP contribution in [0.1, 0.15) is 5.56 Å². The maximum atomic E-state index is 6.01. The van der Waals surface area contributed by atoms with Gasteiger partial charge in [0.1, 0.15) is 5.75 Å². The molecular formula is C16H15ClN2OS. The zero-order valence-corrected chi connectivity index (χ0v) is 13.2. The number of benzene rings is 2. The Kier molecular flexibility index (Phi) is 3.99. The van der Waals surface area contributed by atoms with Gasteiger partial charge in [-0.25, -0.2) is 0 Å². The van der Waals surface area contributed by atoms with Gasteiger partial charge in [0.05, 0.1) is 18.1 Å². The number of halogens is 1. The third-order valence-corrected chi connectivity index (χ3v) is 4.08. The van der Waals surface area contributed by atoms with Gasteiger partial charge in [-0.15, -0.1) is 0 Å². The molecular weight excluding hydrogens is 304 g/mol. The molecule has 5 heteroatoms. The molecule has 0 aliphatic carbocycles. The number of aromatic amines is 1. The maximum absolute atomic E-state index is 6.01. The number of methoxy groups -OCH3 is 1. The fourth-order valence-corrected chi connectivity index (χ4v) is 2.86. The van der Waals surface area contributed by atoms with Crippen molar-refractivity contribution in [2.24, 2.45) is 0 Å². The Morgan fingerprint density at radius 2 is 1.95 bits per heavy atom. The van der Waals surface area contributed by atoms with E-state index in [0.29, 0.717) is 5.02 Å². The van der Waals surface area contributed by atoms with Crippen LogP contribution in [-0.2, 0) is 13.0 Å². The van der Waals surface area contributed by atoms with Crippen molar-refractivity contribution in [3.05, 3.63) is 57.8 Å². The van der Waals surface area contributed by atoms with E-state index in [4.69, 9.17) is 28.6 Å². The summed E-state index contributed by atoms with van der Waals surface area (Å²) in [6.07, 6.45) is 0.911. The largest absolute Gasteiger partial charge is 0.497 e. The van der Waals surface area contributed by atoms with E-state index in [1.54, 1.807) is 7.11 Å². The first-order valence-corrected chi connectivity index (χ1v) is 7.47. The molecule has 1 heterocycles. The minimum atomic E-state index is 0.709. The number of fused-ring (bicyclic) bond motifs is 1. The summed E-state index contributed by atoms with van der Waals surface area (Å²) in [4.78, 5) is 3.20. The van der Waals surface area contributed by atoms with Crippen molar-refractivity contribution in [2.45, 2.75) is 13.0 Å². The van der Waals surface area contributed by atoms with Crippen molar-refractivity contribution in [3.8, 4) is 5.75 Å². The smallest absolute Gasteiger partial charge is 0.178 e. The van der Waals surface area contributed by atoms with Crippen LogP contribution in [0.3, 0.4) is 0 Å². The topological polar surface area (TPSA) is 29.9 Å². The van der Waals surface area contributed by atoms with E-state index in [1.807, 2.05) is 30.3 Å². The summed E-state index contributed by atoms with van der Waals surface area (Å²) in [5.41, 5.74) is 3.31. The normalized spacial score (nSPS) is 11.0. The molecule has 0 saturated carbocycles. The summed E-state index contributed by atoms with van der Waals surface area (Å²) in [6, 6.07) is 13.9. The Morgan fingerprint density at radius 1 is 1.19 bits per heavy atom. The molecule has 0 fully saturated rings. The molecule has 0 saturated heterocycles. The lowest BCUT2D eigenvalue weighted by Gasteiger charge is -2.06. The molecule has 3 aromatic rings. The SMILES string of the molecule is COc1ccc(CCn2c(=S)[nH]c3cc(Cl)ccc32)cc1. The Morgan fingerprint density at radius 3 is 2.67 bits per heavy atom. The number of imidazole rings is 1. The lowest BCUT2D eigenvalue weighted by molar-refractivity contribution is 0.414. The zero-order chi connectivity index (χ0) is 14.8. The standard InChI is InChI=1S/C16H15ClN2OS/c1-20-13-5-2-11(3-6-13)8-9-19-15-7-4-12(17)10-14(15)18-16(19)21/h2-7,10H,8-9H2,1H3,(H,18,21). The van der Waals surface area contributed by atoms with Crippen molar-refractivity contribution >= 4 is 34.9 Å². The molecule has 0 aliphatic rings. The number of aryl methyl sites for hydroxylation is 2. The third kappa shape index (κ3) is 2.96. The first kappa shape index (κ1) is 14.2. The minimum Gasteiger partial charge on any atom is -0.497 e. The Balaban J connectivity index is 1.84. The molecule has 1 aromatic heterocycles. The summed E-state index contributed by atoms with van der Waals surface area (Å²) < 4.78 is 7.99. The highest BCUT2D eigenvalue weighted by Crippen LogP contribution is 2.20. The highest BCUT2D eigenvalue weighted by molar-refractivity contribution is 7.71. The Labute approximate surface area is 133 Å². The van der Waals surface area contributed by atoms with Crippen LogP contribution >= 0.6 is 23.8 Å². The summed E-state index contributed by atoms with van der Waals surface area (Å²) >= 11 is 11.4. The summed E-state index contributed by atoms with van der Waals surface area (Å²) in [5, 5.41) is 0.709. The molecule has 0 radical (unpaired) electrons. The van der Waals surface area contributed by atoms with Gasteiger partial charge in [0.15, 0.2) is 4.77 Å². The fraction of sp³-hybridized carbons (Fsp3) is 0.188. The van der Waals surface area contributed by atoms with Gasteiger partial charge in [-0.3, -0.25) is 0 Å². The predicted molar refractivity (Wildman–Crippen MR) is 88.8 cm³/mol.